The number of aryl methyl sites for hydroxylation is 1. The standard InChI is InChI=1S/C14H24N4OS/c1-11-10-20-14(16-11)17-13(19)9-18-7-4-12(5-8-18)3-6-15-2/h10,12,15H,3-9H2,1-2H3,(H,16,17,19). The zero-order valence-electron chi connectivity index (χ0n) is 12.3. The van der Waals surface area contributed by atoms with Crippen molar-refractivity contribution in [3.63, 3.8) is 0 Å². The van der Waals surface area contributed by atoms with Gasteiger partial charge in [0.15, 0.2) is 5.13 Å². The summed E-state index contributed by atoms with van der Waals surface area (Å²) in [5, 5.41) is 8.73. The van der Waals surface area contributed by atoms with E-state index in [0.717, 1.165) is 31.2 Å². The lowest BCUT2D eigenvalue weighted by molar-refractivity contribution is -0.117. The van der Waals surface area contributed by atoms with Gasteiger partial charge in [-0.1, -0.05) is 0 Å². The second-order valence-corrected chi connectivity index (χ2v) is 6.31. The van der Waals surface area contributed by atoms with Crippen molar-refractivity contribution in [3.8, 4) is 0 Å². The van der Waals surface area contributed by atoms with Crippen LogP contribution in [0.4, 0.5) is 5.13 Å². The highest BCUT2D eigenvalue weighted by Crippen LogP contribution is 2.20. The first kappa shape index (κ1) is 15.4. The Morgan fingerprint density at radius 2 is 2.25 bits per heavy atom. The molecule has 0 spiro atoms. The molecule has 112 valence electrons. The van der Waals surface area contributed by atoms with Crippen LogP contribution >= 0.6 is 11.3 Å². The van der Waals surface area contributed by atoms with E-state index in [9.17, 15) is 4.79 Å². The summed E-state index contributed by atoms with van der Waals surface area (Å²) in [5.74, 6) is 0.858. The zero-order chi connectivity index (χ0) is 14.4. The summed E-state index contributed by atoms with van der Waals surface area (Å²) in [6.07, 6.45) is 3.64. The molecule has 0 atom stereocenters. The van der Waals surface area contributed by atoms with Crippen LogP contribution in [0, 0.1) is 12.8 Å². The normalized spacial score (nSPS) is 17.3. The van der Waals surface area contributed by atoms with Crippen LogP contribution in [0.5, 0.6) is 0 Å². The monoisotopic (exact) mass is 296 g/mol. The average Bonchev–Trinajstić information content (AvgIpc) is 2.83. The first-order valence-electron chi connectivity index (χ1n) is 7.26. The lowest BCUT2D eigenvalue weighted by Gasteiger charge is -2.31. The number of likely N-dealkylation sites (tertiary alicyclic amines) is 1. The van der Waals surface area contributed by atoms with Crippen molar-refractivity contribution in [2.24, 2.45) is 5.92 Å². The molecule has 2 N–H and O–H groups in total. The van der Waals surface area contributed by atoms with Crippen LogP contribution < -0.4 is 10.6 Å². The first-order chi connectivity index (χ1) is 9.67. The summed E-state index contributed by atoms with van der Waals surface area (Å²) in [5.41, 5.74) is 0.954. The minimum Gasteiger partial charge on any atom is -0.320 e. The molecule has 0 unspecified atom stereocenters. The molecular formula is C14H24N4OS. The maximum absolute atomic E-state index is 11.9. The number of carbonyl (C=O) groups is 1. The minimum absolute atomic E-state index is 0.0491. The van der Waals surface area contributed by atoms with Gasteiger partial charge in [-0.2, -0.15) is 0 Å². The van der Waals surface area contributed by atoms with Crippen molar-refractivity contribution in [1.82, 2.24) is 15.2 Å². The van der Waals surface area contributed by atoms with E-state index in [0.29, 0.717) is 11.7 Å². The molecule has 0 bridgehead atoms. The Bertz CT molecular complexity index is 427. The third-order valence-electron chi connectivity index (χ3n) is 3.74. The smallest absolute Gasteiger partial charge is 0.240 e. The van der Waals surface area contributed by atoms with Crippen LogP contribution in [0.15, 0.2) is 5.38 Å². The van der Waals surface area contributed by atoms with Gasteiger partial charge in [-0.05, 0) is 58.8 Å². The van der Waals surface area contributed by atoms with E-state index in [1.54, 1.807) is 0 Å². The fourth-order valence-corrected chi connectivity index (χ4v) is 3.26. The maximum Gasteiger partial charge on any atom is 0.240 e. The lowest BCUT2D eigenvalue weighted by atomic mass is 9.93. The van der Waals surface area contributed by atoms with Gasteiger partial charge in [-0.3, -0.25) is 9.69 Å². The SMILES string of the molecule is CNCCC1CCN(CC(=O)Nc2nc(C)cs2)CC1. The van der Waals surface area contributed by atoms with Gasteiger partial charge < -0.3 is 10.6 Å². The van der Waals surface area contributed by atoms with Crippen molar-refractivity contribution >= 4 is 22.4 Å². The molecule has 1 saturated heterocycles. The van der Waals surface area contributed by atoms with Crippen molar-refractivity contribution < 1.29 is 4.79 Å². The Morgan fingerprint density at radius 1 is 1.50 bits per heavy atom. The molecule has 1 amide bonds. The van der Waals surface area contributed by atoms with Gasteiger partial charge in [0.2, 0.25) is 5.91 Å². The van der Waals surface area contributed by atoms with Crippen LogP contribution in [0.25, 0.3) is 0 Å². The van der Waals surface area contributed by atoms with E-state index >= 15 is 0 Å². The van der Waals surface area contributed by atoms with Gasteiger partial charge in [0.1, 0.15) is 0 Å². The number of rotatable bonds is 6. The molecule has 1 aromatic heterocycles. The fraction of sp³-hybridized carbons (Fsp3) is 0.714. The zero-order valence-corrected chi connectivity index (χ0v) is 13.1. The first-order valence-corrected chi connectivity index (χ1v) is 8.14. The van der Waals surface area contributed by atoms with Gasteiger partial charge in [-0.25, -0.2) is 4.98 Å². The summed E-state index contributed by atoms with van der Waals surface area (Å²) < 4.78 is 0. The van der Waals surface area contributed by atoms with Gasteiger partial charge in [0.05, 0.1) is 12.2 Å². The van der Waals surface area contributed by atoms with Crippen molar-refractivity contribution in [1.29, 1.82) is 0 Å². The Morgan fingerprint density at radius 3 is 2.85 bits per heavy atom. The number of hydrogen-bond donors (Lipinski definition) is 2. The number of thiazole rings is 1. The largest absolute Gasteiger partial charge is 0.320 e. The number of aromatic nitrogens is 1. The topological polar surface area (TPSA) is 57.3 Å². The number of piperidine rings is 1. The summed E-state index contributed by atoms with van der Waals surface area (Å²) in [6.45, 7) is 5.56. The van der Waals surface area contributed by atoms with E-state index in [4.69, 9.17) is 0 Å². The summed E-state index contributed by atoms with van der Waals surface area (Å²) in [4.78, 5) is 18.4. The predicted molar refractivity (Wildman–Crippen MR) is 83.2 cm³/mol. The lowest BCUT2D eigenvalue weighted by Crippen LogP contribution is -2.39. The average molecular weight is 296 g/mol. The molecule has 1 aromatic rings. The van der Waals surface area contributed by atoms with E-state index in [2.05, 4.69) is 20.5 Å². The number of carbonyl (C=O) groups excluding carboxylic acids is 1. The molecule has 0 radical (unpaired) electrons. The minimum atomic E-state index is 0.0491. The summed E-state index contributed by atoms with van der Waals surface area (Å²) >= 11 is 1.48. The van der Waals surface area contributed by atoms with Crippen LogP contribution in [0.2, 0.25) is 0 Å². The summed E-state index contributed by atoms with van der Waals surface area (Å²) in [6, 6.07) is 0. The summed E-state index contributed by atoms with van der Waals surface area (Å²) in [7, 11) is 2.00. The maximum atomic E-state index is 11.9. The molecule has 2 rings (SSSR count). The molecular weight excluding hydrogens is 272 g/mol. The predicted octanol–water partition coefficient (Wildman–Crippen LogP) is 1.71. The third kappa shape index (κ3) is 4.85. The van der Waals surface area contributed by atoms with E-state index in [1.807, 2.05) is 19.4 Å². The molecule has 1 aliphatic heterocycles. The molecule has 5 nitrogen and oxygen atoms in total. The highest BCUT2D eigenvalue weighted by atomic mass is 32.1. The van der Waals surface area contributed by atoms with E-state index < -0.39 is 0 Å². The second kappa shape index (κ2) is 7.71. The van der Waals surface area contributed by atoms with Gasteiger partial charge >= 0.3 is 0 Å². The van der Waals surface area contributed by atoms with Crippen LogP contribution in [-0.4, -0.2) is 49.0 Å². The van der Waals surface area contributed by atoms with Crippen LogP contribution in [-0.2, 0) is 4.79 Å². The Labute approximate surface area is 124 Å². The number of amides is 1. The Kier molecular flexibility index (Phi) is 5.94. The fourth-order valence-electron chi connectivity index (χ4n) is 2.55. The molecule has 0 saturated carbocycles. The molecule has 6 heteroatoms. The van der Waals surface area contributed by atoms with Crippen molar-refractivity contribution in [2.75, 3.05) is 38.5 Å². The molecule has 0 aromatic carbocycles. The number of nitrogens with one attached hydrogen (secondary N) is 2. The number of hydrogen-bond acceptors (Lipinski definition) is 5. The molecule has 1 aliphatic rings. The van der Waals surface area contributed by atoms with Gasteiger partial charge in [0, 0.05) is 5.38 Å². The van der Waals surface area contributed by atoms with Crippen LogP contribution in [0.1, 0.15) is 25.0 Å². The Hall–Kier alpha value is -0.980. The third-order valence-corrected chi connectivity index (χ3v) is 4.62. The van der Waals surface area contributed by atoms with Crippen LogP contribution in [0.3, 0.4) is 0 Å². The second-order valence-electron chi connectivity index (χ2n) is 5.45. The van der Waals surface area contributed by atoms with Crippen molar-refractivity contribution in [2.45, 2.75) is 26.2 Å². The quantitative estimate of drug-likeness (QED) is 0.839. The van der Waals surface area contributed by atoms with E-state index in [-0.39, 0.29) is 5.91 Å². The highest BCUT2D eigenvalue weighted by Gasteiger charge is 2.20. The molecule has 0 aliphatic carbocycles. The number of anilines is 1. The Balaban J connectivity index is 1.68. The van der Waals surface area contributed by atoms with Gasteiger partial charge in [0.25, 0.3) is 0 Å². The molecule has 2 heterocycles. The number of nitrogens with zero attached hydrogens (tertiary/aromatic N) is 2. The van der Waals surface area contributed by atoms with Gasteiger partial charge in [-0.15, -0.1) is 11.3 Å². The van der Waals surface area contributed by atoms with Crippen molar-refractivity contribution in [3.05, 3.63) is 11.1 Å². The molecule has 1 fully saturated rings. The highest BCUT2D eigenvalue weighted by molar-refractivity contribution is 7.13. The molecule has 20 heavy (non-hydrogen) atoms. The van der Waals surface area contributed by atoms with E-state index in [1.165, 1.54) is 30.6 Å².